The van der Waals surface area contributed by atoms with Crippen molar-refractivity contribution in [3.8, 4) is 17.2 Å². The minimum Gasteiger partial charge on any atom is -0.452 e. The number of pyridine rings is 1. The maximum absolute atomic E-state index is 14.9. The van der Waals surface area contributed by atoms with E-state index in [0.717, 1.165) is 23.7 Å². The van der Waals surface area contributed by atoms with E-state index in [1.807, 2.05) is 22.6 Å². The van der Waals surface area contributed by atoms with Gasteiger partial charge in [-0.25, -0.2) is 4.39 Å². The van der Waals surface area contributed by atoms with Gasteiger partial charge in [0, 0.05) is 30.3 Å². The number of para-hydroxylation sites is 1. The Morgan fingerprint density at radius 3 is 2.39 bits per heavy atom. The van der Waals surface area contributed by atoms with E-state index in [1.165, 1.54) is 39.1 Å². The molecule has 0 atom stereocenters. The number of carbonyl (C=O) groups is 1. The van der Waals surface area contributed by atoms with Gasteiger partial charge in [-0.3, -0.25) is 18.5 Å². The third-order valence-electron chi connectivity index (χ3n) is 6.01. The maximum atomic E-state index is 14.9. The number of anilines is 3. The van der Waals surface area contributed by atoms with Gasteiger partial charge in [-0.2, -0.15) is 13.1 Å². The second-order valence-corrected chi connectivity index (χ2v) is 12.7. The van der Waals surface area contributed by atoms with Crippen molar-refractivity contribution in [2.24, 2.45) is 7.05 Å². The van der Waals surface area contributed by atoms with Gasteiger partial charge in [-0.05, 0) is 73.7 Å². The number of alkyl halides is 3. The normalized spacial score (nSPS) is 11.8. The number of ether oxygens (including phenoxy) is 2. The largest absolute Gasteiger partial charge is 0.573 e. The molecule has 11 nitrogen and oxygen atoms in total. The van der Waals surface area contributed by atoms with Crippen LogP contribution in [0.1, 0.15) is 36.7 Å². The predicted octanol–water partition coefficient (Wildman–Crippen LogP) is 5.30. The van der Waals surface area contributed by atoms with Gasteiger partial charge >= 0.3 is 16.6 Å². The monoisotopic (exact) mass is 755 g/mol. The topological polar surface area (TPSA) is 131 Å². The Morgan fingerprint density at radius 1 is 1.16 bits per heavy atom. The molecule has 2 aromatic carbocycles. The van der Waals surface area contributed by atoms with E-state index in [4.69, 9.17) is 4.74 Å². The second-order valence-electron chi connectivity index (χ2n) is 9.64. The van der Waals surface area contributed by atoms with Crippen molar-refractivity contribution in [1.82, 2.24) is 14.6 Å². The van der Waals surface area contributed by atoms with Gasteiger partial charge < -0.3 is 20.1 Å². The van der Waals surface area contributed by atoms with Crippen molar-refractivity contribution in [3.05, 3.63) is 67.3 Å². The van der Waals surface area contributed by atoms with E-state index in [9.17, 15) is 35.6 Å². The Bertz CT molecular complexity index is 1730. The number of aromatic nitrogens is 1. The standard InChI is InChI=1S/C27H30F4IN5O6S/c1-7-33-44(40,41)37(6)19-9-8-10-20(23(19)43-27(29,30)31)42-22-15(4)26(39)36(5)24(21(22)25(38)34-14(2)3)35-18-12-11-16(32)13-17(18)28/h8-14,33,35H,7H2,1-6H3,(H,34,38). The molecule has 1 aromatic heterocycles. The number of nitrogens with zero attached hydrogens (tertiary/aromatic N) is 2. The van der Waals surface area contributed by atoms with Gasteiger partial charge in [0.25, 0.3) is 11.5 Å². The second kappa shape index (κ2) is 13.6. The zero-order valence-electron chi connectivity index (χ0n) is 24.4. The van der Waals surface area contributed by atoms with Gasteiger partial charge in [0.15, 0.2) is 17.2 Å². The minimum atomic E-state index is -5.30. The molecule has 0 aliphatic heterocycles. The Balaban J connectivity index is 2.35. The van der Waals surface area contributed by atoms with Crippen LogP contribution in [0.4, 0.5) is 34.8 Å². The van der Waals surface area contributed by atoms with Gasteiger partial charge in [-0.1, -0.05) is 13.0 Å². The summed E-state index contributed by atoms with van der Waals surface area (Å²) < 4.78 is 95.5. The lowest BCUT2D eigenvalue weighted by Crippen LogP contribution is -2.38. The molecular weight excluding hydrogens is 725 g/mol. The van der Waals surface area contributed by atoms with E-state index in [2.05, 4.69) is 20.1 Å². The zero-order chi connectivity index (χ0) is 33.1. The fourth-order valence-corrected chi connectivity index (χ4v) is 5.43. The average Bonchev–Trinajstić information content (AvgIpc) is 2.90. The molecule has 1 amide bonds. The Labute approximate surface area is 264 Å². The first-order valence-electron chi connectivity index (χ1n) is 12.9. The van der Waals surface area contributed by atoms with E-state index in [1.54, 1.807) is 19.9 Å². The molecule has 0 unspecified atom stereocenters. The molecule has 0 saturated heterocycles. The van der Waals surface area contributed by atoms with E-state index < -0.39 is 62.8 Å². The molecular formula is C27H30F4IN5O6S. The van der Waals surface area contributed by atoms with E-state index in [-0.39, 0.29) is 29.2 Å². The van der Waals surface area contributed by atoms with Crippen LogP contribution < -0.4 is 34.7 Å². The van der Waals surface area contributed by atoms with Gasteiger partial charge in [0.2, 0.25) is 0 Å². The number of carbonyl (C=O) groups excluding carboxylic acids is 1. The summed E-state index contributed by atoms with van der Waals surface area (Å²) >= 11 is 1.90. The van der Waals surface area contributed by atoms with Gasteiger partial charge in [0.1, 0.15) is 17.2 Å². The third-order valence-corrected chi connectivity index (χ3v) is 8.25. The summed E-state index contributed by atoms with van der Waals surface area (Å²) in [6.07, 6.45) is -5.30. The van der Waals surface area contributed by atoms with Crippen molar-refractivity contribution < 1.29 is 40.2 Å². The van der Waals surface area contributed by atoms with Crippen LogP contribution in [0.3, 0.4) is 0 Å². The molecule has 3 aromatic rings. The highest BCUT2D eigenvalue weighted by Crippen LogP contribution is 2.45. The van der Waals surface area contributed by atoms with Crippen LogP contribution in [0.15, 0.2) is 41.2 Å². The minimum absolute atomic E-state index is 0.0594. The molecule has 0 bridgehead atoms. The number of nitrogens with one attached hydrogen (secondary N) is 3. The molecule has 1 heterocycles. The summed E-state index contributed by atoms with van der Waals surface area (Å²) in [5, 5.41) is 5.39. The molecule has 0 aliphatic carbocycles. The van der Waals surface area contributed by atoms with Gasteiger partial charge in [-0.15, -0.1) is 13.2 Å². The molecule has 0 radical (unpaired) electrons. The number of halogens is 5. The summed E-state index contributed by atoms with van der Waals surface area (Å²) in [6, 6.07) is 7.04. The molecule has 3 N–H and O–H groups in total. The van der Waals surface area contributed by atoms with Crippen LogP contribution in [0.5, 0.6) is 17.2 Å². The Morgan fingerprint density at radius 2 is 1.82 bits per heavy atom. The average molecular weight is 756 g/mol. The Hall–Kier alpha value is -3.58. The molecule has 3 rings (SSSR count). The summed E-state index contributed by atoms with van der Waals surface area (Å²) in [5.74, 6) is -3.93. The first-order valence-corrected chi connectivity index (χ1v) is 15.5. The van der Waals surface area contributed by atoms with Crippen molar-refractivity contribution >= 4 is 55.9 Å². The first kappa shape index (κ1) is 34.9. The molecule has 0 saturated carbocycles. The highest BCUT2D eigenvalue weighted by Gasteiger charge is 2.36. The molecule has 17 heteroatoms. The van der Waals surface area contributed by atoms with Crippen molar-refractivity contribution in [2.45, 2.75) is 40.1 Å². The summed E-state index contributed by atoms with van der Waals surface area (Å²) in [5.41, 5.74) is -1.92. The van der Waals surface area contributed by atoms with Crippen LogP contribution in [0.25, 0.3) is 0 Å². The summed E-state index contributed by atoms with van der Waals surface area (Å²) in [7, 11) is -2.00. The fraction of sp³-hybridized carbons (Fsp3) is 0.333. The smallest absolute Gasteiger partial charge is 0.452 e. The van der Waals surface area contributed by atoms with Crippen LogP contribution >= 0.6 is 22.6 Å². The predicted molar refractivity (Wildman–Crippen MR) is 166 cm³/mol. The van der Waals surface area contributed by atoms with Crippen LogP contribution in [-0.2, 0) is 17.3 Å². The number of hydrogen-bond donors (Lipinski definition) is 3. The van der Waals surface area contributed by atoms with E-state index in [0.29, 0.717) is 7.88 Å². The quantitative estimate of drug-likeness (QED) is 0.179. The van der Waals surface area contributed by atoms with Crippen LogP contribution in [0.2, 0.25) is 0 Å². The molecule has 0 fully saturated rings. The summed E-state index contributed by atoms with van der Waals surface area (Å²) in [6.45, 7) is 6.01. The maximum Gasteiger partial charge on any atom is 0.573 e. The lowest BCUT2D eigenvalue weighted by molar-refractivity contribution is -0.274. The van der Waals surface area contributed by atoms with Crippen molar-refractivity contribution in [1.29, 1.82) is 0 Å². The zero-order valence-corrected chi connectivity index (χ0v) is 27.4. The van der Waals surface area contributed by atoms with Crippen LogP contribution in [-0.4, -0.2) is 44.9 Å². The van der Waals surface area contributed by atoms with Gasteiger partial charge in [0.05, 0.1) is 16.9 Å². The molecule has 240 valence electrons. The number of amides is 1. The lowest BCUT2D eigenvalue weighted by atomic mass is 10.1. The van der Waals surface area contributed by atoms with Crippen molar-refractivity contribution in [3.63, 3.8) is 0 Å². The third kappa shape index (κ3) is 7.92. The molecule has 44 heavy (non-hydrogen) atoms. The lowest BCUT2D eigenvalue weighted by Gasteiger charge is -2.25. The number of hydrogen-bond acceptors (Lipinski definition) is 7. The SMILES string of the molecule is CCNS(=O)(=O)N(C)c1cccc(Oc2c(C(=O)NC(C)C)c(Nc3ccc(I)cc3F)n(C)c(=O)c2C)c1OC(F)(F)F. The molecule has 0 spiro atoms. The highest BCUT2D eigenvalue weighted by molar-refractivity contribution is 14.1. The van der Waals surface area contributed by atoms with Crippen LogP contribution in [0, 0.1) is 16.3 Å². The number of rotatable bonds is 11. The van der Waals surface area contributed by atoms with E-state index >= 15 is 0 Å². The summed E-state index contributed by atoms with van der Waals surface area (Å²) in [4.78, 5) is 26.9. The fourth-order valence-electron chi connectivity index (χ4n) is 4.02. The highest BCUT2D eigenvalue weighted by atomic mass is 127. The number of benzene rings is 2. The van der Waals surface area contributed by atoms with Crippen molar-refractivity contribution in [2.75, 3.05) is 23.2 Å². The molecule has 0 aliphatic rings. The Kier molecular flexibility index (Phi) is 10.8. The first-order chi connectivity index (χ1) is 20.4.